The summed E-state index contributed by atoms with van der Waals surface area (Å²) in [6.07, 6.45) is -2.50. The van der Waals surface area contributed by atoms with Crippen molar-refractivity contribution in [1.82, 2.24) is 0 Å². The molecule has 1 aromatic rings. The first kappa shape index (κ1) is 16.3. The van der Waals surface area contributed by atoms with Gasteiger partial charge < -0.3 is 4.74 Å². The van der Waals surface area contributed by atoms with Crippen LogP contribution >= 0.6 is 11.6 Å². The average Bonchev–Trinajstić information content (AvgIpc) is 2.36. The predicted octanol–water partition coefficient (Wildman–Crippen LogP) is 4.67. The maximum absolute atomic E-state index is 12.0. The van der Waals surface area contributed by atoms with Crippen molar-refractivity contribution < 1.29 is 17.9 Å². The molecule has 5 heteroatoms. The van der Waals surface area contributed by atoms with Gasteiger partial charge in [-0.25, -0.2) is 0 Å². The zero-order valence-corrected chi connectivity index (χ0v) is 11.8. The Hall–Kier alpha value is -0.740. The minimum absolute atomic E-state index is 0.143. The first-order valence-electron chi connectivity index (χ1n) is 6.27. The van der Waals surface area contributed by atoms with Gasteiger partial charge in [0.05, 0.1) is 12.0 Å². The highest BCUT2D eigenvalue weighted by Crippen LogP contribution is 2.25. The summed E-state index contributed by atoms with van der Waals surface area (Å²) in [5.41, 5.74) is 3.23. The van der Waals surface area contributed by atoms with Crippen molar-refractivity contribution in [2.75, 3.05) is 13.2 Å². The van der Waals surface area contributed by atoms with Crippen LogP contribution < -0.4 is 0 Å². The van der Waals surface area contributed by atoms with Crippen LogP contribution in [0.15, 0.2) is 18.2 Å². The van der Waals surface area contributed by atoms with Gasteiger partial charge in [0.15, 0.2) is 0 Å². The van der Waals surface area contributed by atoms with Crippen molar-refractivity contribution in [1.29, 1.82) is 0 Å². The Bertz CT molecular complexity index is 404. The van der Waals surface area contributed by atoms with Crippen molar-refractivity contribution in [3.05, 3.63) is 34.9 Å². The number of benzene rings is 1. The lowest BCUT2D eigenvalue weighted by Crippen LogP contribution is -2.18. The van der Waals surface area contributed by atoms with Crippen LogP contribution in [0.5, 0.6) is 0 Å². The standard InChI is InChI=1S/C14H18ClF3O/c1-3-10-5-6-12(7-11(10)4-2)13(15)8-19-9-14(16,17)18/h5-7,13H,3-4,8-9H2,1-2H3. The molecule has 0 aliphatic heterocycles. The summed E-state index contributed by atoms with van der Waals surface area (Å²) in [5.74, 6) is 0. The molecule has 1 nitrogen and oxygen atoms in total. The van der Waals surface area contributed by atoms with E-state index < -0.39 is 18.2 Å². The van der Waals surface area contributed by atoms with Crippen LogP contribution in [0.4, 0.5) is 13.2 Å². The van der Waals surface area contributed by atoms with Gasteiger partial charge in [-0.3, -0.25) is 0 Å². The molecule has 19 heavy (non-hydrogen) atoms. The van der Waals surface area contributed by atoms with Gasteiger partial charge in [-0.1, -0.05) is 32.0 Å². The molecular formula is C14H18ClF3O. The Kier molecular flexibility index (Phi) is 6.14. The van der Waals surface area contributed by atoms with Gasteiger partial charge in [-0.2, -0.15) is 13.2 Å². The summed E-state index contributed by atoms with van der Waals surface area (Å²) in [7, 11) is 0. The molecule has 1 rings (SSSR count). The van der Waals surface area contributed by atoms with Crippen LogP contribution in [-0.4, -0.2) is 19.4 Å². The molecule has 0 saturated carbocycles. The number of ether oxygens (including phenoxy) is 1. The number of hydrogen-bond acceptors (Lipinski definition) is 1. The van der Waals surface area contributed by atoms with Gasteiger partial charge >= 0.3 is 6.18 Å². The van der Waals surface area contributed by atoms with Gasteiger partial charge in [0.1, 0.15) is 6.61 Å². The van der Waals surface area contributed by atoms with Crippen LogP contribution in [0.25, 0.3) is 0 Å². The highest BCUT2D eigenvalue weighted by atomic mass is 35.5. The normalized spacial score (nSPS) is 13.6. The van der Waals surface area contributed by atoms with Crippen molar-refractivity contribution in [3.63, 3.8) is 0 Å². The molecule has 0 heterocycles. The van der Waals surface area contributed by atoms with Crippen LogP contribution in [0.2, 0.25) is 0 Å². The molecule has 0 fully saturated rings. The first-order valence-corrected chi connectivity index (χ1v) is 6.71. The molecule has 0 amide bonds. The van der Waals surface area contributed by atoms with E-state index in [1.54, 1.807) is 0 Å². The van der Waals surface area contributed by atoms with E-state index in [-0.39, 0.29) is 6.61 Å². The summed E-state index contributed by atoms with van der Waals surface area (Å²) in [5, 5.41) is -0.557. The van der Waals surface area contributed by atoms with Crippen molar-refractivity contribution in [2.45, 2.75) is 38.2 Å². The van der Waals surface area contributed by atoms with E-state index in [9.17, 15) is 13.2 Å². The molecule has 108 valence electrons. The van der Waals surface area contributed by atoms with Crippen LogP contribution in [0.1, 0.15) is 35.9 Å². The maximum Gasteiger partial charge on any atom is 0.411 e. The molecule has 0 spiro atoms. The minimum Gasteiger partial charge on any atom is -0.370 e. The zero-order valence-electron chi connectivity index (χ0n) is 11.1. The molecular weight excluding hydrogens is 277 g/mol. The van der Waals surface area contributed by atoms with Crippen LogP contribution in [-0.2, 0) is 17.6 Å². The van der Waals surface area contributed by atoms with Gasteiger partial charge in [0.2, 0.25) is 0 Å². The fourth-order valence-electron chi connectivity index (χ4n) is 1.89. The van der Waals surface area contributed by atoms with E-state index in [1.807, 2.05) is 25.1 Å². The van der Waals surface area contributed by atoms with Gasteiger partial charge in [0, 0.05) is 0 Å². The second-order valence-corrected chi connectivity index (χ2v) is 4.86. The van der Waals surface area contributed by atoms with E-state index in [4.69, 9.17) is 11.6 Å². The maximum atomic E-state index is 12.0. The molecule has 1 unspecified atom stereocenters. The molecule has 0 N–H and O–H groups in total. The van der Waals surface area contributed by atoms with Crippen LogP contribution in [0, 0.1) is 0 Å². The van der Waals surface area contributed by atoms with Gasteiger partial charge in [-0.15, -0.1) is 11.6 Å². The Morgan fingerprint density at radius 2 is 1.79 bits per heavy atom. The summed E-state index contributed by atoms with van der Waals surface area (Å²) in [6, 6.07) is 5.79. The lowest BCUT2D eigenvalue weighted by Gasteiger charge is -2.14. The minimum atomic E-state index is -4.31. The summed E-state index contributed by atoms with van der Waals surface area (Å²) < 4.78 is 40.5. The van der Waals surface area contributed by atoms with E-state index in [0.717, 1.165) is 18.4 Å². The van der Waals surface area contributed by atoms with Gasteiger partial charge in [-0.05, 0) is 29.5 Å². The smallest absolute Gasteiger partial charge is 0.370 e. The summed E-state index contributed by atoms with van der Waals surface area (Å²) in [4.78, 5) is 0. The Morgan fingerprint density at radius 1 is 1.16 bits per heavy atom. The number of alkyl halides is 4. The SMILES string of the molecule is CCc1ccc(C(Cl)COCC(F)(F)F)cc1CC. The number of rotatable bonds is 6. The number of aryl methyl sites for hydroxylation is 2. The highest BCUT2D eigenvalue weighted by Gasteiger charge is 2.27. The molecule has 0 aromatic heterocycles. The third kappa shape index (κ3) is 5.41. The van der Waals surface area contributed by atoms with Crippen molar-refractivity contribution >= 4 is 11.6 Å². The van der Waals surface area contributed by atoms with Crippen molar-refractivity contribution in [3.8, 4) is 0 Å². The number of hydrogen-bond donors (Lipinski definition) is 0. The molecule has 0 radical (unpaired) electrons. The Morgan fingerprint density at radius 3 is 2.32 bits per heavy atom. The topological polar surface area (TPSA) is 9.23 Å². The zero-order chi connectivity index (χ0) is 14.5. The highest BCUT2D eigenvalue weighted by molar-refractivity contribution is 6.20. The molecule has 1 aromatic carbocycles. The largest absolute Gasteiger partial charge is 0.411 e. The number of halogens is 4. The third-order valence-electron chi connectivity index (χ3n) is 2.88. The fourth-order valence-corrected chi connectivity index (χ4v) is 2.11. The van der Waals surface area contributed by atoms with E-state index in [1.165, 1.54) is 11.1 Å². The molecule has 0 bridgehead atoms. The van der Waals surface area contributed by atoms with Gasteiger partial charge in [0.25, 0.3) is 0 Å². The van der Waals surface area contributed by atoms with E-state index in [2.05, 4.69) is 11.7 Å². The lowest BCUT2D eigenvalue weighted by atomic mass is 9.99. The predicted molar refractivity (Wildman–Crippen MR) is 70.7 cm³/mol. The second kappa shape index (κ2) is 7.15. The summed E-state index contributed by atoms with van der Waals surface area (Å²) >= 11 is 6.07. The van der Waals surface area contributed by atoms with Crippen LogP contribution in [0.3, 0.4) is 0 Å². The van der Waals surface area contributed by atoms with E-state index in [0.29, 0.717) is 0 Å². The molecule has 0 aliphatic rings. The third-order valence-corrected chi connectivity index (χ3v) is 3.26. The Balaban J connectivity index is 2.64. The molecule has 0 saturated heterocycles. The summed E-state index contributed by atoms with van der Waals surface area (Å²) in [6.45, 7) is 2.71. The second-order valence-electron chi connectivity index (χ2n) is 4.33. The first-order chi connectivity index (χ1) is 8.87. The quantitative estimate of drug-likeness (QED) is 0.693. The molecule has 0 aliphatic carbocycles. The fraction of sp³-hybridized carbons (Fsp3) is 0.571. The van der Waals surface area contributed by atoms with Crippen molar-refractivity contribution in [2.24, 2.45) is 0 Å². The average molecular weight is 295 g/mol. The van der Waals surface area contributed by atoms with E-state index >= 15 is 0 Å². The Labute approximate surface area is 116 Å². The lowest BCUT2D eigenvalue weighted by molar-refractivity contribution is -0.173. The monoisotopic (exact) mass is 294 g/mol. The molecule has 1 atom stereocenters.